The van der Waals surface area contributed by atoms with Crippen molar-refractivity contribution >= 4 is 39.5 Å². The summed E-state index contributed by atoms with van der Waals surface area (Å²) in [5.41, 5.74) is 0. The molecule has 0 spiro atoms. The summed E-state index contributed by atoms with van der Waals surface area (Å²) in [4.78, 5) is 70.9. The van der Waals surface area contributed by atoms with Gasteiger partial charge in [0.1, 0.15) is 19.3 Å². The molecular weight excluding hydrogens is 922 g/mol. The highest BCUT2D eigenvalue weighted by Gasteiger charge is 2.30. The van der Waals surface area contributed by atoms with E-state index in [0.29, 0.717) is 25.7 Å². The summed E-state index contributed by atoms with van der Waals surface area (Å²) in [6.07, 6.45) is 24.7. The normalized spacial score (nSPS) is 14.6. The van der Waals surface area contributed by atoms with Gasteiger partial charge in [0, 0.05) is 25.7 Å². The lowest BCUT2D eigenvalue weighted by Gasteiger charge is -2.21. The van der Waals surface area contributed by atoms with E-state index < -0.39 is 97.5 Å². The average molecular weight is 1020 g/mol. The van der Waals surface area contributed by atoms with Crippen LogP contribution in [0.15, 0.2) is 0 Å². The number of esters is 4. The number of aliphatic hydroxyl groups excluding tert-OH is 1. The Balaban J connectivity index is 5.14. The zero-order valence-corrected chi connectivity index (χ0v) is 44.3. The van der Waals surface area contributed by atoms with Gasteiger partial charge in [-0.2, -0.15) is 0 Å². The van der Waals surface area contributed by atoms with Gasteiger partial charge < -0.3 is 33.8 Å². The Bertz CT molecular complexity index is 1350. The second-order valence-corrected chi connectivity index (χ2v) is 20.8. The number of hydrogen-bond acceptors (Lipinski definition) is 15. The van der Waals surface area contributed by atoms with Gasteiger partial charge in [-0.3, -0.25) is 37.3 Å². The van der Waals surface area contributed by atoms with Crippen LogP contribution in [0.25, 0.3) is 0 Å². The molecular formula is C49H94O17P2. The van der Waals surface area contributed by atoms with E-state index in [4.69, 9.17) is 37.0 Å². The highest BCUT2D eigenvalue weighted by atomic mass is 31.2. The SMILES string of the molecule is CCCCCCCCCCCCC(=O)O[C@H](COC(=O)CCCCCCCCCC)COP(=O)(O)OC[C@@H](O)COP(=O)(O)OC[C@@H](COC(=O)CCCCCCC)OC(=O)CCCCCCC. The van der Waals surface area contributed by atoms with Gasteiger partial charge in [0.2, 0.25) is 0 Å². The molecule has 0 saturated heterocycles. The van der Waals surface area contributed by atoms with Crippen molar-refractivity contribution in [2.75, 3.05) is 39.6 Å². The van der Waals surface area contributed by atoms with Crippen LogP contribution in [-0.4, -0.2) is 96.7 Å². The minimum atomic E-state index is -4.92. The largest absolute Gasteiger partial charge is 0.472 e. The molecule has 0 rings (SSSR count). The Morgan fingerprint density at radius 2 is 0.588 bits per heavy atom. The second kappa shape index (κ2) is 45.0. The molecule has 0 aliphatic carbocycles. The molecule has 0 amide bonds. The first-order chi connectivity index (χ1) is 32.7. The molecule has 68 heavy (non-hydrogen) atoms. The molecule has 0 aromatic heterocycles. The monoisotopic (exact) mass is 1020 g/mol. The predicted molar refractivity (Wildman–Crippen MR) is 262 cm³/mol. The van der Waals surface area contributed by atoms with E-state index in [1.54, 1.807) is 0 Å². The quantitative estimate of drug-likeness (QED) is 0.0222. The van der Waals surface area contributed by atoms with E-state index in [9.17, 15) is 43.2 Å². The smallest absolute Gasteiger partial charge is 0.462 e. The summed E-state index contributed by atoms with van der Waals surface area (Å²) < 4.78 is 66.8. The second-order valence-electron chi connectivity index (χ2n) is 17.8. The van der Waals surface area contributed by atoms with Gasteiger partial charge >= 0.3 is 39.5 Å². The minimum absolute atomic E-state index is 0.0988. The summed E-state index contributed by atoms with van der Waals surface area (Å²) in [6.45, 7) is 4.56. The number of phosphoric acid groups is 2. The average Bonchev–Trinajstić information content (AvgIpc) is 3.30. The number of aliphatic hydroxyl groups is 1. The summed E-state index contributed by atoms with van der Waals surface area (Å²) in [5, 5.41) is 10.4. The summed E-state index contributed by atoms with van der Waals surface area (Å²) in [7, 11) is -9.83. The molecule has 0 bridgehead atoms. The third kappa shape index (κ3) is 44.0. The third-order valence-electron chi connectivity index (χ3n) is 11.1. The first-order valence-corrected chi connectivity index (χ1v) is 29.3. The number of carbonyl (C=O) groups excluding carboxylic acids is 4. The van der Waals surface area contributed by atoms with Crippen LogP contribution in [0.5, 0.6) is 0 Å². The Labute approximate surface area is 409 Å². The Hall–Kier alpha value is -1.94. The van der Waals surface area contributed by atoms with E-state index in [2.05, 4.69) is 27.7 Å². The molecule has 0 radical (unpaired) electrons. The molecule has 19 heteroatoms. The molecule has 0 fully saturated rings. The van der Waals surface area contributed by atoms with Crippen molar-refractivity contribution in [3.8, 4) is 0 Å². The molecule has 0 saturated carbocycles. The topological polar surface area (TPSA) is 237 Å². The predicted octanol–water partition coefficient (Wildman–Crippen LogP) is 12.1. The maximum Gasteiger partial charge on any atom is 0.472 e. The van der Waals surface area contributed by atoms with Gasteiger partial charge in [-0.25, -0.2) is 9.13 Å². The highest BCUT2D eigenvalue weighted by molar-refractivity contribution is 7.47. The van der Waals surface area contributed by atoms with Crippen molar-refractivity contribution in [2.24, 2.45) is 0 Å². The standard InChI is InChI=1S/C49H94O17P2/c1-5-9-13-17-19-21-22-24-28-32-36-49(54)66-45(40-60-47(52)34-30-27-23-20-18-14-10-6-2)42-64-68(57,58)62-38-43(50)37-61-67(55,56)63-41-44(65-48(53)35-31-26-16-12-8-4)39-59-46(51)33-29-25-15-11-7-3/h43-45,50H,5-42H2,1-4H3,(H,55,56)(H,57,58)/t43-,44+,45+/m0/s1. The van der Waals surface area contributed by atoms with Gasteiger partial charge in [0.15, 0.2) is 12.2 Å². The van der Waals surface area contributed by atoms with Crippen molar-refractivity contribution < 1.29 is 80.2 Å². The van der Waals surface area contributed by atoms with Gasteiger partial charge in [-0.05, 0) is 25.7 Å². The lowest BCUT2D eigenvalue weighted by Crippen LogP contribution is -2.30. The van der Waals surface area contributed by atoms with Crippen LogP contribution < -0.4 is 0 Å². The molecule has 0 aliphatic rings. The van der Waals surface area contributed by atoms with E-state index >= 15 is 0 Å². The van der Waals surface area contributed by atoms with Crippen LogP contribution in [0.4, 0.5) is 0 Å². The van der Waals surface area contributed by atoms with Crippen LogP contribution in [0, 0.1) is 0 Å². The van der Waals surface area contributed by atoms with Crippen LogP contribution in [0.3, 0.4) is 0 Å². The van der Waals surface area contributed by atoms with E-state index in [0.717, 1.165) is 103 Å². The first kappa shape index (κ1) is 66.1. The van der Waals surface area contributed by atoms with Crippen molar-refractivity contribution in [3.63, 3.8) is 0 Å². The number of rotatable bonds is 50. The van der Waals surface area contributed by atoms with Gasteiger partial charge in [0.05, 0.1) is 26.4 Å². The maximum atomic E-state index is 12.8. The molecule has 5 atom stereocenters. The lowest BCUT2D eigenvalue weighted by molar-refractivity contribution is -0.161. The Morgan fingerprint density at radius 1 is 0.353 bits per heavy atom. The maximum absolute atomic E-state index is 12.8. The van der Waals surface area contributed by atoms with E-state index in [1.807, 2.05) is 0 Å². The van der Waals surface area contributed by atoms with Crippen LogP contribution >= 0.6 is 15.6 Å². The van der Waals surface area contributed by atoms with E-state index in [1.165, 1.54) is 51.4 Å². The van der Waals surface area contributed by atoms with Crippen LogP contribution in [0.2, 0.25) is 0 Å². The number of unbranched alkanes of at least 4 members (excludes halogenated alkanes) is 24. The number of carbonyl (C=O) groups is 4. The molecule has 0 aliphatic heterocycles. The van der Waals surface area contributed by atoms with Crippen molar-refractivity contribution in [1.29, 1.82) is 0 Å². The fraction of sp³-hybridized carbons (Fsp3) is 0.918. The lowest BCUT2D eigenvalue weighted by atomic mass is 10.1. The molecule has 3 N–H and O–H groups in total. The van der Waals surface area contributed by atoms with Crippen molar-refractivity contribution in [3.05, 3.63) is 0 Å². The van der Waals surface area contributed by atoms with Gasteiger partial charge in [0.25, 0.3) is 0 Å². The summed E-state index contributed by atoms with van der Waals surface area (Å²) in [5.74, 6) is -2.18. The molecule has 0 aromatic rings. The summed E-state index contributed by atoms with van der Waals surface area (Å²) in [6, 6.07) is 0. The highest BCUT2D eigenvalue weighted by Crippen LogP contribution is 2.45. The summed E-state index contributed by atoms with van der Waals surface area (Å²) >= 11 is 0. The Kier molecular flexibility index (Phi) is 43.7. The number of phosphoric ester groups is 2. The van der Waals surface area contributed by atoms with Crippen LogP contribution in [0.1, 0.15) is 233 Å². The first-order valence-electron chi connectivity index (χ1n) is 26.3. The van der Waals surface area contributed by atoms with Crippen molar-refractivity contribution in [2.45, 2.75) is 251 Å². The molecule has 0 aromatic carbocycles. The van der Waals surface area contributed by atoms with Gasteiger partial charge in [-0.1, -0.05) is 182 Å². The fourth-order valence-electron chi connectivity index (χ4n) is 6.98. The zero-order chi connectivity index (χ0) is 50.6. The molecule has 0 heterocycles. The molecule has 2 unspecified atom stereocenters. The van der Waals surface area contributed by atoms with E-state index in [-0.39, 0.29) is 25.7 Å². The third-order valence-corrected chi connectivity index (χ3v) is 13.0. The molecule has 17 nitrogen and oxygen atoms in total. The molecule has 402 valence electrons. The Morgan fingerprint density at radius 3 is 0.868 bits per heavy atom. The zero-order valence-electron chi connectivity index (χ0n) is 42.6. The fourth-order valence-corrected chi connectivity index (χ4v) is 8.56. The number of ether oxygens (including phenoxy) is 4. The minimum Gasteiger partial charge on any atom is -0.462 e. The van der Waals surface area contributed by atoms with Crippen molar-refractivity contribution in [1.82, 2.24) is 0 Å². The van der Waals surface area contributed by atoms with Gasteiger partial charge in [-0.15, -0.1) is 0 Å². The number of hydrogen-bond donors (Lipinski definition) is 3. The van der Waals surface area contributed by atoms with Crippen LogP contribution in [-0.2, 0) is 65.4 Å².